The lowest BCUT2D eigenvalue weighted by Crippen LogP contribution is -2.54. The normalized spacial score (nSPS) is 17.7. The van der Waals surface area contributed by atoms with E-state index in [1.54, 1.807) is 20.8 Å². The SMILES string of the molecule is CC(C)(C)OC(=O)NCCNC(=O)COc1cccc2c1C(=O)N(C1CCC(=O)NC1=O)C2=O. The lowest BCUT2D eigenvalue weighted by molar-refractivity contribution is -0.136. The van der Waals surface area contributed by atoms with Crippen LogP contribution in [-0.2, 0) is 19.1 Å². The summed E-state index contributed by atoms with van der Waals surface area (Å²) >= 11 is 0. The molecule has 1 aromatic rings. The van der Waals surface area contributed by atoms with E-state index in [9.17, 15) is 28.8 Å². The van der Waals surface area contributed by atoms with E-state index in [-0.39, 0.29) is 42.8 Å². The smallest absolute Gasteiger partial charge is 0.407 e. The van der Waals surface area contributed by atoms with Gasteiger partial charge in [-0.3, -0.25) is 34.2 Å². The third kappa shape index (κ3) is 5.69. The summed E-state index contributed by atoms with van der Waals surface area (Å²) in [6.07, 6.45) is -0.566. The Kier molecular flexibility index (Phi) is 7.18. The number of imide groups is 2. The minimum atomic E-state index is -1.10. The number of amides is 6. The van der Waals surface area contributed by atoms with Gasteiger partial charge in [-0.1, -0.05) is 6.07 Å². The number of benzene rings is 1. The molecule has 3 rings (SSSR count). The van der Waals surface area contributed by atoms with Crippen LogP contribution in [0.2, 0.25) is 0 Å². The van der Waals surface area contributed by atoms with E-state index in [0.29, 0.717) is 0 Å². The number of hydrogen-bond acceptors (Lipinski definition) is 8. The summed E-state index contributed by atoms with van der Waals surface area (Å²) in [5.41, 5.74) is -0.630. The summed E-state index contributed by atoms with van der Waals surface area (Å²) in [5, 5.41) is 7.17. The van der Waals surface area contributed by atoms with Gasteiger partial charge in [0, 0.05) is 19.5 Å². The Balaban J connectivity index is 1.56. The highest BCUT2D eigenvalue weighted by Crippen LogP contribution is 2.33. The Hall–Kier alpha value is -3.96. The van der Waals surface area contributed by atoms with Gasteiger partial charge in [0.15, 0.2) is 6.61 Å². The summed E-state index contributed by atoms with van der Waals surface area (Å²) in [6, 6.07) is 3.26. The molecule has 2 aliphatic heterocycles. The Morgan fingerprint density at radius 2 is 1.79 bits per heavy atom. The first-order valence-corrected chi connectivity index (χ1v) is 10.7. The number of carbonyl (C=O) groups is 6. The van der Waals surface area contributed by atoms with Gasteiger partial charge in [0.1, 0.15) is 17.4 Å². The average molecular weight is 474 g/mol. The summed E-state index contributed by atoms with van der Waals surface area (Å²) in [7, 11) is 0. The maximum absolute atomic E-state index is 13.0. The topological polar surface area (TPSA) is 160 Å². The number of ether oxygens (including phenoxy) is 2. The van der Waals surface area contributed by atoms with E-state index >= 15 is 0 Å². The Bertz CT molecular complexity index is 1050. The molecule has 6 amide bonds. The molecule has 2 heterocycles. The van der Waals surface area contributed by atoms with Crippen molar-refractivity contribution in [3.05, 3.63) is 29.3 Å². The largest absolute Gasteiger partial charge is 0.483 e. The standard InChI is InChI=1S/C22H26N4O8/c1-22(2,3)34-21(32)24-10-9-23-16(28)11-33-14-6-4-5-12-17(14)20(31)26(19(12)30)13-7-8-15(27)25-18(13)29/h4-6,13H,7-11H2,1-3H3,(H,23,28)(H,24,32)(H,25,27,29). The molecular formula is C22H26N4O8. The predicted octanol–water partition coefficient (Wildman–Crippen LogP) is 0.108. The first-order chi connectivity index (χ1) is 16.0. The van der Waals surface area contributed by atoms with Gasteiger partial charge in [-0.25, -0.2) is 4.79 Å². The molecule has 0 bridgehead atoms. The van der Waals surface area contributed by atoms with Crippen molar-refractivity contribution in [1.29, 1.82) is 0 Å². The fourth-order valence-corrected chi connectivity index (χ4v) is 3.48. The van der Waals surface area contributed by atoms with Crippen LogP contribution in [-0.4, -0.2) is 71.9 Å². The van der Waals surface area contributed by atoms with Gasteiger partial charge in [-0.2, -0.15) is 0 Å². The maximum atomic E-state index is 13.0. The van der Waals surface area contributed by atoms with Crippen LogP contribution >= 0.6 is 0 Å². The molecule has 0 radical (unpaired) electrons. The molecule has 182 valence electrons. The first kappa shape index (κ1) is 24.7. The zero-order valence-electron chi connectivity index (χ0n) is 19.1. The van der Waals surface area contributed by atoms with Gasteiger partial charge in [0.2, 0.25) is 11.8 Å². The molecule has 2 aliphatic rings. The van der Waals surface area contributed by atoms with Crippen molar-refractivity contribution in [1.82, 2.24) is 20.9 Å². The van der Waals surface area contributed by atoms with Crippen LogP contribution in [0.1, 0.15) is 54.3 Å². The summed E-state index contributed by atoms with van der Waals surface area (Å²) in [6.45, 7) is 5.00. The van der Waals surface area contributed by atoms with Gasteiger partial charge in [-0.05, 0) is 39.3 Å². The van der Waals surface area contributed by atoms with Crippen LogP contribution in [0, 0.1) is 0 Å². The quantitative estimate of drug-likeness (QED) is 0.371. The van der Waals surface area contributed by atoms with Crippen molar-refractivity contribution >= 4 is 35.6 Å². The molecule has 12 heteroatoms. The minimum absolute atomic E-state index is 0.0100. The number of fused-ring (bicyclic) bond motifs is 1. The van der Waals surface area contributed by atoms with Gasteiger partial charge in [0.05, 0.1) is 11.1 Å². The Labute approximate surface area is 195 Å². The Morgan fingerprint density at radius 3 is 2.47 bits per heavy atom. The number of nitrogens with zero attached hydrogens (tertiary/aromatic N) is 1. The van der Waals surface area contributed by atoms with Crippen LogP contribution in [0.15, 0.2) is 18.2 Å². The maximum Gasteiger partial charge on any atom is 0.407 e. The number of piperidine rings is 1. The van der Waals surface area contributed by atoms with Gasteiger partial charge < -0.3 is 20.1 Å². The lowest BCUT2D eigenvalue weighted by atomic mass is 10.0. The Morgan fingerprint density at radius 1 is 1.09 bits per heavy atom. The van der Waals surface area contributed by atoms with Crippen LogP contribution in [0.5, 0.6) is 5.75 Å². The highest BCUT2D eigenvalue weighted by molar-refractivity contribution is 6.24. The third-order valence-electron chi connectivity index (χ3n) is 4.90. The molecule has 1 saturated heterocycles. The molecule has 1 aromatic carbocycles. The molecule has 1 fully saturated rings. The predicted molar refractivity (Wildman–Crippen MR) is 116 cm³/mol. The second-order valence-electron chi connectivity index (χ2n) is 8.69. The van der Waals surface area contributed by atoms with Crippen LogP contribution in [0.25, 0.3) is 0 Å². The van der Waals surface area contributed by atoms with Gasteiger partial charge in [0.25, 0.3) is 17.7 Å². The van der Waals surface area contributed by atoms with Gasteiger partial charge in [-0.15, -0.1) is 0 Å². The van der Waals surface area contributed by atoms with Crippen molar-refractivity contribution < 1.29 is 38.2 Å². The summed E-state index contributed by atoms with van der Waals surface area (Å²) < 4.78 is 10.6. The summed E-state index contributed by atoms with van der Waals surface area (Å²) in [5.74, 6) is -3.07. The van der Waals surface area contributed by atoms with Crippen molar-refractivity contribution in [2.75, 3.05) is 19.7 Å². The van der Waals surface area contributed by atoms with Crippen LogP contribution in [0.4, 0.5) is 4.79 Å². The molecule has 0 aromatic heterocycles. The first-order valence-electron chi connectivity index (χ1n) is 10.7. The summed E-state index contributed by atoms with van der Waals surface area (Å²) in [4.78, 5) is 73.8. The highest BCUT2D eigenvalue weighted by atomic mass is 16.6. The zero-order chi connectivity index (χ0) is 25.0. The molecule has 0 spiro atoms. The zero-order valence-corrected chi connectivity index (χ0v) is 19.1. The monoisotopic (exact) mass is 474 g/mol. The van der Waals surface area contributed by atoms with E-state index in [1.165, 1.54) is 18.2 Å². The van der Waals surface area contributed by atoms with Crippen molar-refractivity contribution in [2.24, 2.45) is 0 Å². The van der Waals surface area contributed by atoms with Gasteiger partial charge >= 0.3 is 6.09 Å². The van der Waals surface area contributed by atoms with Crippen molar-refractivity contribution in [2.45, 2.75) is 45.3 Å². The molecule has 1 atom stereocenters. The second-order valence-corrected chi connectivity index (χ2v) is 8.69. The van der Waals surface area contributed by atoms with E-state index in [4.69, 9.17) is 9.47 Å². The van der Waals surface area contributed by atoms with Crippen molar-refractivity contribution in [3.63, 3.8) is 0 Å². The molecule has 12 nitrogen and oxygen atoms in total. The van der Waals surface area contributed by atoms with Crippen molar-refractivity contribution in [3.8, 4) is 5.75 Å². The van der Waals surface area contributed by atoms with E-state index < -0.39 is 53.9 Å². The number of hydrogen-bond donors (Lipinski definition) is 3. The molecule has 34 heavy (non-hydrogen) atoms. The van der Waals surface area contributed by atoms with Crippen LogP contribution < -0.4 is 20.7 Å². The van der Waals surface area contributed by atoms with Crippen LogP contribution in [0.3, 0.4) is 0 Å². The lowest BCUT2D eigenvalue weighted by Gasteiger charge is -2.27. The molecular weight excluding hydrogens is 448 g/mol. The molecule has 0 aliphatic carbocycles. The third-order valence-corrected chi connectivity index (χ3v) is 4.90. The van der Waals surface area contributed by atoms with E-state index in [1.807, 2.05) is 0 Å². The fourth-order valence-electron chi connectivity index (χ4n) is 3.48. The minimum Gasteiger partial charge on any atom is -0.483 e. The number of nitrogens with one attached hydrogen (secondary N) is 3. The van der Waals surface area contributed by atoms with E-state index in [0.717, 1.165) is 4.90 Å². The number of rotatable bonds is 7. The average Bonchev–Trinajstić information content (AvgIpc) is 2.99. The molecule has 3 N–H and O–H groups in total. The fraction of sp³-hybridized carbons (Fsp3) is 0.455. The number of carbonyl (C=O) groups excluding carboxylic acids is 6. The molecule has 1 unspecified atom stereocenters. The highest BCUT2D eigenvalue weighted by Gasteiger charge is 2.46. The van der Waals surface area contributed by atoms with E-state index in [2.05, 4.69) is 16.0 Å². The second kappa shape index (κ2) is 9.89. The number of alkyl carbamates (subject to hydrolysis) is 1. The molecule has 0 saturated carbocycles.